The summed E-state index contributed by atoms with van der Waals surface area (Å²) >= 11 is 0. The molecule has 154 valence electrons. The molecule has 5 heterocycles. The van der Waals surface area contributed by atoms with Crippen molar-refractivity contribution in [3.05, 3.63) is 66.2 Å². The summed E-state index contributed by atoms with van der Waals surface area (Å²) in [5.74, 6) is 0.217. The summed E-state index contributed by atoms with van der Waals surface area (Å²) in [6.45, 7) is 2.06. The van der Waals surface area contributed by atoms with E-state index in [1.807, 2.05) is 6.07 Å². The molecule has 1 aliphatic heterocycles. The Bertz CT molecular complexity index is 1380. The number of H-pyrrole nitrogens is 2. The minimum Gasteiger partial charge on any atom is -0.353 e. The Morgan fingerprint density at radius 2 is 1.74 bits per heavy atom. The minimum absolute atomic E-state index is 0.260. The highest BCUT2D eigenvalue weighted by molar-refractivity contribution is 5.98. The fourth-order valence-corrected chi connectivity index (χ4v) is 4.47. The summed E-state index contributed by atoms with van der Waals surface area (Å²) in [4.78, 5) is 13.0. The van der Waals surface area contributed by atoms with Gasteiger partial charge >= 0.3 is 0 Å². The lowest BCUT2D eigenvalue weighted by molar-refractivity contribution is 0.454. The van der Waals surface area contributed by atoms with Crippen molar-refractivity contribution < 1.29 is 4.39 Å². The van der Waals surface area contributed by atoms with Crippen molar-refractivity contribution in [2.45, 2.75) is 18.8 Å². The maximum absolute atomic E-state index is 13.4. The van der Waals surface area contributed by atoms with Gasteiger partial charge in [-0.2, -0.15) is 5.10 Å². The van der Waals surface area contributed by atoms with Crippen LogP contribution in [0.5, 0.6) is 0 Å². The van der Waals surface area contributed by atoms with Crippen molar-refractivity contribution >= 4 is 21.9 Å². The molecule has 0 spiro atoms. The Kier molecular flexibility index (Phi) is 4.28. The molecule has 0 saturated carbocycles. The van der Waals surface area contributed by atoms with Crippen LogP contribution < -0.4 is 5.32 Å². The molecular weight excluding hydrogens is 391 g/mol. The standard InChI is InChI=1S/C24H21FN6/c25-16-3-1-15(2-4-16)22-17-13-21(28-19(17)9-12-27-22)24-23-20(30-31-24)6-5-18(29-23)14-7-10-26-11-8-14/h1-6,9,12-14,26,28H,7-8,10-11H2,(H,30,31). The number of hydrogen-bond acceptors (Lipinski definition) is 4. The number of fused-ring (bicyclic) bond motifs is 2. The smallest absolute Gasteiger partial charge is 0.135 e. The van der Waals surface area contributed by atoms with Gasteiger partial charge in [0.2, 0.25) is 0 Å². The van der Waals surface area contributed by atoms with E-state index < -0.39 is 0 Å². The molecular formula is C24H21FN6. The number of aromatic amines is 2. The van der Waals surface area contributed by atoms with Gasteiger partial charge in [-0.1, -0.05) is 0 Å². The first-order chi connectivity index (χ1) is 15.3. The van der Waals surface area contributed by atoms with E-state index in [1.54, 1.807) is 18.3 Å². The van der Waals surface area contributed by atoms with E-state index in [2.05, 4.69) is 43.7 Å². The zero-order valence-corrected chi connectivity index (χ0v) is 16.8. The van der Waals surface area contributed by atoms with Crippen LogP contribution in [0.2, 0.25) is 0 Å². The third-order valence-corrected chi connectivity index (χ3v) is 6.11. The number of aromatic nitrogens is 5. The summed E-state index contributed by atoms with van der Waals surface area (Å²) in [6.07, 6.45) is 3.97. The van der Waals surface area contributed by atoms with Crippen molar-refractivity contribution in [3.63, 3.8) is 0 Å². The van der Waals surface area contributed by atoms with Crippen molar-refractivity contribution in [1.82, 2.24) is 30.5 Å². The van der Waals surface area contributed by atoms with Gasteiger partial charge in [0.1, 0.15) is 17.0 Å². The van der Waals surface area contributed by atoms with Crippen LogP contribution in [-0.4, -0.2) is 38.2 Å². The number of rotatable bonds is 3. The Hall–Kier alpha value is -3.58. The van der Waals surface area contributed by atoms with E-state index in [9.17, 15) is 4.39 Å². The van der Waals surface area contributed by atoms with Crippen LogP contribution in [0.1, 0.15) is 24.5 Å². The molecule has 1 saturated heterocycles. The van der Waals surface area contributed by atoms with E-state index >= 15 is 0 Å². The molecule has 0 radical (unpaired) electrons. The summed E-state index contributed by atoms with van der Waals surface area (Å²) in [5.41, 5.74) is 7.23. The molecule has 0 aliphatic carbocycles. The van der Waals surface area contributed by atoms with E-state index in [0.717, 1.165) is 76.2 Å². The minimum atomic E-state index is -0.260. The highest BCUT2D eigenvalue weighted by Gasteiger charge is 2.20. The van der Waals surface area contributed by atoms with Gasteiger partial charge in [-0.05, 0) is 74.5 Å². The van der Waals surface area contributed by atoms with Gasteiger partial charge in [-0.15, -0.1) is 0 Å². The maximum atomic E-state index is 13.4. The Morgan fingerprint density at radius 3 is 2.58 bits per heavy atom. The van der Waals surface area contributed by atoms with Crippen LogP contribution >= 0.6 is 0 Å². The topological polar surface area (TPSA) is 82.3 Å². The first kappa shape index (κ1) is 18.2. The van der Waals surface area contributed by atoms with Gasteiger partial charge < -0.3 is 10.3 Å². The van der Waals surface area contributed by atoms with Crippen molar-refractivity contribution in [2.24, 2.45) is 0 Å². The van der Waals surface area contributed by atoms with Gasteiger partial charge in [0.25, 0.3) is 0 Å². The number of pyridine rings is 2. The molecule has 6 nitrogen and oxygen atoms in total. The summed E-state index contributed by atoms with van der Waals surface area (Å²) in [6, 6.07) is 14.6. The quantitative estimate of drug-likeness (QED) is 0.399. The number of nitrogens with one attached hydrogen (secondary N) is 3. The average Bonchev–Trinajstić information content (AvgIpc) is 3.43. The SMILES string of the molecule is Fc1ccc(-c2nccc3[nH]c(-c4n[nH]c5ccc(C6CCNCC6)nc45)cc23)cc1. The number of nitrogens with zero attached hydrogens (tertiary/aromatic N) is 3. The third kappa shape index (κ3) is 3.18. The molecule has 4 aromatic heterocycles. The lowest BCUT2D eigenvalue weighted by Crippen LogP contribution is -2.27. The summed E-state index contributed by atoms with van der Waals surface area (Å²) in [5, 5.41) is 12.1. The normalized spacial score (nSPS) is 15.1. The van der Waals surface area contributed by atoms with E-state index in [4.69, 9.17) is 4.98 Å². The first-order valence-corrected chi connectivity index (χ1v) is 10.6. The highest BCUT2D eigenvalue weighted by atomic mass is 19.1. The van der Waals surface area contributed by atoms with Crippen LogP contribution in [0, 0.1) is 5.82 Å². The number of halogens is 1. The fourth-order valence-electron chi connectivity index (χ4n) is 4.47. The van der Waals surface area contributed by atoms with Crippen LogP contribution in [0.4, 0.5) is 4.39 Å². The molecule has 1 fully saturated rings. The van der Waals surface area contributed by atoms with Gasteiger partial charge in [-0.3, -0.25) is 10.1 Å². The zero-order chi connectivity index (χ0) is 20.8. The second kappa shape index (κ2) is 7.28. The Morgan fingerprint density at radius 1 is 0.903 bits per heavy atom. The monoisotopic (exact) mass is 412 g/mol. The molecule has 3 N–H and O–H groups in total. The molecule has 0 unspecified atom stereocenters. The maximum Gasteiger partial charge on any atom is 0.135 e. The van der Waals surface area contributed by atoms with Crippen molar-refractivity contribution in [2.75, 3.05) is 13.1 Å². The Balaban J connectivity index is 1.46. The van der Waals surface area contributed by atoms with Gasteiger partial charge in [0.15, 0.2) is 0 Å². The van der Waals surface area contributed by atoms with Gasteiger partial charge in [0.05, 0.1) is 16.9 Å². The number of benzene rings is 1. The fraction of sp³-hybridized carbons (Fsp3) is 0.208. The van der Waals surface area contributed by atoms with Crippen LogP contribution in [0.25, 0.3) is 44.6 Å². The van der Waals surface area contributed by atoms with Crippen LogP contribution in [0.3, 0.4) is 0 Å². The Labute approximate surface area is 177 Å². The average molecular weight is 412 g/mol. The molecule has 31 heavy (non-hydrogen) atoms. The van der Waals surface area contributed by atoms with Gasteiger partial charge in [0, 0.05) is 34.3 Å². The molecule has 1 aliphatic rings. The third-order valence-electron chi connectivity index (χ3n) is 6.11. The molecule has 6 rings (SSSR count). The van der Waals surface area contributed by atoms with E-state index in [1.165, 1.54) is 12.1 Å². The lowest BCUT2D eigenvalue weighted by Gasteiger charge is -2.22. The lowest BCUT2D eigenvalue weighted by atomic mass is 9.94. The predicted octanol–water partition coefficient (Wildman–Crippen LogP) is 4.77. The van der Waals surface area contributed by atoms with Gasteiger partial charge in [-0.25, -0.2) is 9.37 Å². The van der Waals surface area contributed by atoms with Crippen LogP contribution in [-0.2, 0) is 0 Å². The largest absolute Gasteiger partial charge is 0.353 e. The second-order valence-electron chi connectivity index (χ2n) is 8.04. The zero-order valence-electron chi connectivity index (χ0n) is 16.8. The molecule has 0 bridgehead atoms. The van der Waals surface area contributed by atoms with Crippen LogP contribution in [0.15, 0.2) is 54.7 Å². The van der Waals surface area contributed by atoms with E-state index in [0.29, 0.717) is 5.92 Å². The number of piperidine rings is 1. The summed E-state index contributed by atoms with van der Waals surface area (Å²) < 4.78 is 13.4. The number of hydrogen-bond donors (Lipinski definition) is 3. The molecule has 0 amide bonds. The molecule has 5 aromatic rings. The van der Waals surface area contributed by atoms with Crippen molar-refractivity contribution in [1.29, 1.82) is 0 Å². The van der Waals surface area contributed by atoms with Crippen molar-refractivity contribution in [3.8, 4) is 22.6 Å². The predicted molar refractivity (Wildman–Crippen MR) is 119 cm³/mol. The highest BCUT2D eigenvalue weighted by Crippen LogP contribution is 2.33. The molecule has 0 atom stereocenters. The van der Waals surface area contributed by atoms with E-state index in [-0.39, 0.29) is 5.82 Å². The summed E-state index contributed by atoms with van der Waals surface area (Å²) in [7, 11) is 0. The molecule has 1 aromatic carbocycles. The first-order valence-electron chi connectivity index (χ1n) is 10.6. The molecule has 7 heteroatoms. The second-order valence-corrected chi connectivity index (χ2v) is 8.04.